The van der Waals surface area contributed by atoms with E-state index in [-0.39, 0.29) is 6.54 Å². The van der Waals surface area contributed by atoms with E-state index < -0.39 is 12.0 Å². The molecule has 0 saturated carbocycles. The highest BCUT2D eigenvalue weighted by atomic mass is 35.5. The number of aliphatic hydroxyl groups is 1. The van der Waals surface area contributed by atoms with Crippen LogP contribution in [0.4, 0.5) is 5.00 Å². The van der Waals surface area contributed by atoms with E-state index in [1.165, 1.54) is 16.2 Å². The fourth-order valence-electron chi connectivity index (χ4n) is 0.918. The van der Waals surface area contributed by atoms with Crippen LogP contribution >= 0.6 is 22.9 Å². The molecule has 1 atom stereocenters. The Morgan fingerprint density at radius 2 is 2.43 bits per heavy atom. The van der Waals surface area contributed by atoms with Crippen LogP contribution in [0.25, 0.3) is 0 Å². The van der Waals surface area contributed by atoms with Gasteiger partial charge in [0.25, 0.3) is 5.91 Å². The van der Waals surface area contributed by atoms with Gasteiger partial charge in [-0.3, -0.25) is 4.79 Å². The SMILES string of the molecule is CN(C(=O)C(O)CN)c1ccc(Cl)s1. The Hall–Kier alpha value is -0.620. The van der Waals surface area contributed by atoms with Crippen molar-refractivity contribution < 1.29 is 9.90 Å². The maximum Gasteiger partial charge on any atom is 0.257 e. The van der Waals surface area contributed by atoms with Gasteiger partial charge in [-0.15, -0.1) is 11.3 Å². The van der Waals surface area contributed by atoms with E-state index in [0.29, 0.717) is 9.34 Å². The predicted molar refractivity (Wildman–Crippen MR) is 57.8 cm³/mol. The lowest BCUT2D eigenvalue weighted by molar-refractivity contribution is -0.125. The van der Waals surface area contributed by atoms with Gasteiger partial charge < -0.3 is 15.7 Å². The van der Waals surface area contributed by atoms with Gasteiger partial charge in [0.15, 0.2) is 0 Å². The van der Waals surface area contributed by atoms with Gasteiger partial charge in [-0.25, -0.2) is 0 Å². The minimum atomic E-state index is -1.15. The number of aliphatic hydroxyl groups excluding tert-OH is 1. The number of carbonyl (C=O) groups is 1. The Labute approximate surface area is 90.9 Å². The highest BCUT2D eigenvalue weighted by molar-refractivity contribution is 7.20. The van der Waals surface area contributed by atoms with Crippen molar-refractivity contribution in [3.63, 3.8) is 0 Å². The number of carbonyl (C=O) groups excluding carboxylic acids is 1. The molecule has 0 bridgehead atoms. The Balaban J connectivity index is 2.75. The second kappa shape index (κ2) is 4.75. The smallest absolute Gasteiger partial charge is 0.257 e. The number of anilines is 1. The van der Waals surface area contributed by atoms with Crippen molar-refractivity contribution in [1.82, 2.24) is 0 Å². The summed E-state index contributed by atoms with van der Waals surface area (Å²) in [5.41, 5.74) is 5.17. The number of thiophene rings is 1. The first-order valence-electron chi connectivity index (χ1n) is 3.97. The molecule has 4 nitrogen and oxygen atoms in total. The minimum Gasteiger partial charge on any atom is -0.382 e. The number of likely N-dealkylation sites (N-methyl/N-ethyl adjacent to an activating group) is 1. The van der Waals surface area contributed by atoms with Crippen molar-refractivity contribution in [3.8, 4) is 0 Å². The molecular formula is C8H11ClN2O2S. The van der Waals surface area contributed by atoms with E-state index >= 15 is 0 Å². The lowest BCUT2D eigenvalue weighted by atomic mass is 10.3. The van der Waals surface area contributed by atoms with E-state index in [9.17, 15) is 9.90 Å². The number of halogens is 1. The number of nitrogens with zero attached hydrogens (tertiary/aromatic N) is 1. The molecule has 0 spiro atoms. The third-order valence-electron chi connectivity index (χ3n) is 1.73. The molecule has 1 unspecified atom stereocenters. The van der Waals surface area contributed by atoms with Gasteiger partial charge in [0.2, 0.25) is 0 Å². The summed E-state index contributed by atoms with van der Waals surface area (Å²) in [6.07, 6.45) is -1.15. The Morgan fingerprint density at radius 3 is 2.86 bits per heavy atom. The molecule has 0 radical (unpaired) electrons. The summed E-state index contributed by atoms with van der Waals surface area (Å²) in [7, 11) is 1.57. The fraction of sp³-hybridized carbons (Fsp3) is 0.375. The third-order valence-corrected chi connectivity index (χ3v) is 3.04. The molecule has 0 aliphatic heterocycles. The molecule has 1 aromatic rings. The van der Waals surface area contributed by atoms with Crippen molar-refractivity contribution >= 4 is 33.8 Å². The zero-order valence-electron chi connectivity index (χ0n) is 7.61. The standard InChI is InChI=1S/C8H11ClN2O2S/c1-11(8(13)5(12)4-10)7-3-2-6(9)14-7/h2-3,5,12H,4,10H2,1H3. The quantitative estimate of drug-likeness (QED) is 0.809. The lowest BCUT2D eigenvalue weighted by Gasteiger charge is -2.17. The van der Waals surface area contributed by atoms with Crippen LogP contribution in [0.15, 0.2) is 12.1 Å². The molecule has 1 aromatic heterocycles. The molecule has 3 N–H and O–H groups in total. The number of hydrogen-bond acceptors (Lipinski definition) is 4. The van der Waals surface area contributed by atoms with Crippen LogP contribution in [-0.2, 0) is 4.79 Å². The summed E-state index contributed by atoms with van der Waals surface area (Å²) >= 11 is 6.99. The topological polar surface area (TPSA) is 66.6 Å². The molecule has 6 heteroatoms. The first-order chi connectivity index (χ1) is 6.56. The predicted octanol–water partition coefficient (Wildman–Crippen LogP) is 0.684. The monoisotopic (exact) mass is 234 g/mol. The highest BCUT2D eigenvalue weighted by Gasteiger charge is 2.19. The number of amides is 1. The van der Waals surface area contributed by atoms with Gasteiger partial charge in [0.05, 0.1) is 9.34 Å². The summed E-state index contributed by atoms with van der Waals surface area (Å²) in [4.78, 5) is 12.8. The van der Waals surface area contributed by atoms with Crippen molar-refractivity contribution in [1.29, 1.82) is 0 Å². The third kappa shape index (κ3) is 2.45. The van der Waals surface area contributed by atoms with Crippen molar-refractivity contribution in [2.24, 2.45) is 5.73 Å². The van der Waals surface area contributed by atoms with Gasteiger partial charge in [0.1, 0.15) is 6.10 Å². The molecule has 1 amide bonds. The summed E-state index contributed by atoms with van der Waals surface area (Å²) in [6.45, 7) is -0.0811. The van der Waals surface area contributed by atoms with Crippen molar-refractivity contribution in [2.75, 3.05) is 18.5 Å². The number of hydrogen-bond donors (Lipinski definition) is 2. The van der Waals surface area contributed by atoms with Crippen LogP contribution in [0.2, 0.25) is 4.34 Å². The van der Waals surface area contributed by atoms with Crippen LogP contribution in [0.5, 0.6) is 0 Å². The van der Waals surface area contributed by atoms with Gasteiger partial charge in [-0.1, -0.05) is 11.6 Å². The molecular weight excluding hydrogens is 224 g/mol. The summed E-state index contributed by atoms with van der Waals surface area (Å²) in [6, 6.07) is 3.41. The average molecular weight is 235 g/mol. The largest absolute Gasteiger partial charge is 0.382 e. The molecule has 1 heterocycles. The van der Waals surface area contributed by atoms with E-state index in [0.717, 1.165) is 0 Å². The molecule has 0 aliphatic carbocycles. The van der Waals surface area contributed by atoms with E-state index in [1.807, 2.05) is 0 Å². The Kier molecular flexibility index (Phi) is 3.88. The lowest BCUT2D eigenvalue weighted by Crippen LogP contribution is -2.40. The number of nitrogens with two attached hydrogens (primary N) is 1. The first-order valence-corrected chi connectivity index (χ1v) is 5.16. The van der Waals surface area contributed by atoms with Crippen molar-refractivity contribution in [3.05, 3.63) is 16.5 Å². The molecule has 1 rings (SSSR count). The van der Waals surface area contributed by atoms with Crippen LogP contribution in [-0.4, -0.2) is 30.7 Å². The Morgan fingerprint density at radius 1 is 1.79 bits per heavy atom. The van der Waals surface area contributed by atoms with Gasteiger partial charge in [-0.2, -0.15) is 0 Å². The van der Waals surface area contributed by atoms with E-state index in [1.54, 1.807) is 19.2 Å². The van der Waals surface area contributed by atoms with Crippen LogP contribution in [0.3, 0.4) is 0 Å². The van der Waals surface area contributed by atoms with E-state index in [4.69, 9.17) is 17.3 Å². The summed E-state index contributed by atoms with van der Waals surface area (Å²) in [5, 5.41) is 9.91. The molecule has 78 valence electrons. The molecule has 0 saturated heterocycles. The van der Waals surface area contributed by atoms with Gasteiger partial charge >= 0.3 is 0 Å². The Bertz CT molecular complexity index is 329. The molecule has 14 heavy (non-hydrogen) atoms. The fourth-order valence-corrected chi connectivity index (χ4v) is 1.92. The van der Waals surface area contributed by atoms with Crippen LogP contribution < -0.4 is 10.6 Å². The van der Waals surface area contributed by atoms with Crippen LogP contribution in [0.1, 0.15) is 0 Å². The van der Waals surface area contributed by atoms with E-state index in [2.05, 4.69) is 0 Å². The molecule has 0 aliphatic rings. The van der Waals surface area contributed by atoms with Gasteiger partial charge in [-0.05, 0) is 12.1 Å². The zero-order valence-corrected chi connectivity index (χ0v) is 9.18. The second-order valence-corrected chi connectivity index (χ2v) is 4.42. The second-order valence-electron chi connectivity index (χ2n) is 2.73. The van der Waals surface area contributed by atoms with Crippen LogP contribution in [0, 0.1) is 0 Å². The van der Waals surface area contributed by atoms with Crippen molar-refractivity contribution in [2.45, 2.75) is 6.10 Å². The first kappa shape index (κ1) is 11.5. The maximum atomic E-state index is 11.4. The van der Waals surface area contributed by atoms with Gasteiger partial charge in [0, 0.05) is 13.6 Å². The summed E-state index contributed by atoms with van der Waals surface area (Å²) in [5.74, 6) is -0.425. The minimum absolute atomic E-state index is 0.0811. The zero-order chi connectivity index (χ0) is 10.7. The molecule has 0 aromatic carbocycles. The molecule has 0 fully saturated rings. The highest BCUT2D eigenvalue weighted by Crippen LogP contribution is 2.28. The summed E-state index contributed by atoms with van der Waals surface area (Å²) < 4.78 is 0.599. The average Bonchev–Trinajstić information content (AvgIpc) is 2.61. The normalized spacial score (nSPS) is 12.6. The number of rotatable bonds is 3. The maximum absolute atomic E-state index is 11.4.